The van der Waals surface area contributed by atoms with E-state index >= 15 is 0 Å². The molecular weight excluding hydrogens is 319 g/mol. The fraction of sp³-hybridized carbons (Fsp3) is 0.538. The number of sulfonamides is 1. The van der Waals surface area contributed by atoms with E-state index in [1.807, 2.05) is 18.2 Å². The largest absolute Gasteiger partial charge is 0.298 e. The summed E-state index contributed by atoms with van der Waals surface area (Å²) in [5, 5.41) is 1.31. The third-order valence-corrected chi connectivity index (χ3v) is 5.47. The van der Waals surface area contributed by atoms with Crippen LogP contribution in [0.4, 0.5) is 0 Å². The number of nitrogens with zero attached hydrogens (tertiary/aromatic N) is 2. The van der Waals surface area contributed by atoms with Crippen molar-refractivity contribution in [3.8, 4) is 0 Å². The van der Waals surface area contributed by atoms with Crippen molar-refractivity contribution in [2.75, 3.05) is 32.4 Å². The molecule has 1 saturated heterocycles. The Kier molecular flexibility index (Phi) is 5.31. The number of benzene rings is 1. The molecule has 0 aromatic heterocycles. The second-order valence-corrected chi connectivity index (χ2v) is 7.79. The summed E-state index contributed by atoms with van der Waals surface area (Å²) < 4.78 is 24.7. The summed E-state index contributed by atoms with van der Waals surface area (Å²) in [5.74, 6) is 0. The highest BCUT2D eigenvalue weighted by Crippen LogP contribution is 2.26. The summed E-state index contributed by atoms with van der Waals surface area (Å²) in [6.45, 7) is 3.27. The Bertz CT molecular complexity index is 557. The van der Waals surface area contributed by atoms with Gasteiger partial charge in [-0.25, -0.2) is 12.7 Å². The molecule has 0 bridgehead atoms. The van der Waals surface area contributed by atoms with Gasteiger partial charge in [0, 0.05) is 41.8 Å². The Morgan fingerprint density at radius 1 is 1.10 bits per heavy atom. The van der Waals surface area contributed by atoms with E-state index in [0.29, 0.717) is 36.2 Å². The molecule has 0 N–H and O–H groups in total. The Morgan fingerprint density at radius 3 is 2.35 bits per heavy atom. The lowest BCUT2D eigenvalue weighted by molar-refractivity contribution is 0.279. The Labute approximate surface area is 130 Å². The quantitative estimate of drug-likeness (QED) is 0.851. The molecule has 0 spiro atoms. The van der Waals surface area contributed by atoms with Crippen LogP contribution in [0, 0.1) is 0 Å². The SMILES string of the molecule is CS(=O)(=O)N1CCCN(Cc2c(Cl)cccc2Cl)CC1. The van der Waals surface area contributed by atoms with Gasteiger partial charge >= 0.3 is 0 Å². The van der Waals surface area contributed by atoms with Gasteiger partial charge in [-0.15, -0.1) is 0 Å². The fourth-order valence-electron chi connectivity index (χ4n) is 2.34. The first-order valence-corrected chi connectivity index (χ1v) is 9.09. The van der Waals surface area contributed by atoms with Crippen LogP contribution in [-0.2, 0) is 16.6 Å². The lowest BCUT2D eigenvalue weighted by Crippen LogP contribution is -2.34. The summed E-state index contributed by atoms with van der Waals surface area (Å²) in [4.78, 5) is 2.19. The normalized spacial score (nSPS) is 18.9. The van der Waals surface area contributed by atoms with Crippen LogP contribution in [0.1, 0.15) is 12.0 Å². The zero-order valence-electron chi connectivity index (χ0n) is 11.3. The fourth-order valence-corrected chi connectivity index (χ4v) is 3.73. The maximum absolute atomic E-state index is 11.6. The molecule has 0 saturated carbocycles. The Morgan fingerprint density at radius 2 is 1.75 bits per heavy atom. The molecule has 1 aliphatic rings. The van der Waals surface area contributed by atoms with Gasteiger partial charge in [-0.1, -0.05) is 29.3 Å². The topological polar surface area (TPSA) is 40.6 Å². The first-order valence-electron chi connectivity index (χ1n) is 6.48. The van der Waals surface area contributed by atoms with E-state index in [0.717, 1.165) is 18.5 Å². The molecule has 1 aromatic carbocycles. The van der Waals surface area contributed by atoms with Gasteiger partial charge in [-0.3, -0.25) is 4.90 Å². The highest BCUT2D eigenvalue weighted by atomic mass is 35.5. The van der Waals surface area contributed by atoms with E-state index in [-0.39, 0.29) is 0 Å². The van der Waals surface area contributed by atoms with Crippen molar-refractivity contribution in [2.45, 2.75) is 13.0 Å². The van der Waals surface area contributed by atoms with Gasteiger partial charge in [0.15, 0.2) is 0 Å². The lowest BCUT2D eigenvalue weighted by Gasteiger charge is -2.21. The van der Waals surface area contributed by atoms with Crippen LogP contribution in [-0.4, -0.2) is 50.1 Å². The molecule has 4 nitrogen and oxygen atoms in total. The molecule has 1 aromatic rings. The van der Waals surface area contributed by atoms with Crippen molar-refractivity contribution in [2.24, 2.45) is 0 Å². The van der Waals surface area contributed by atoms with Crippen LogP contribution in [0.15, 0.2) is 18.2 Å². The monoisotopic (exact) mass is 336 g/mol. The molecule has 1 heterocycles. The first kappa shape index (κ1) is 16.0. The van der Waals surface area contributed by atoms with Gasteiger partial charge < -0.3 is 0 Å². The molecule has 2 rings (SSSR count). The molecule has 20 heavy (non-hydrogen) atoms. The number of halogens is 2. The highest BCUT2D eigenvalue weighted by molar-refractivity contribution is 7.88. The Balaban J connectivity index is 2.05. The lowest BCUT2D eigenvalue weighted by atomic mass is 10.2. The smallest absolute Gasteiger partial charge is 0.211 e. The van der Waals surface area contributed by atoms with Gasteiger partial charge in [0.05, 0.1) is 6.26 Å². The summed E-state index contributed by atoms with van der Waals surface area (Å²) in [6.07, 6.45) is 2.07. The molecule has 0 radical (unpaired) electrons. The second kappa shape index (κ2) is 6.62. The van der Waals surface area contributed by atoms with Crippen LogP contribution in [0.3, 0.4) is 0 Å². The highest BCUT2D eigenvalue weighted by Gasteiger charge is 2.22. The van der Waals surface area contributed by atoms with Crippen LogP contribution in [0.2, 0.25) is 10.0 Å². The summed E-state index contributed by atoms with van der Waals surface area (Å²) >= 11 is 12.3. The third-order valence-electron chi connectivity index (χ3n) is 3.46. The maximum atomic E-state index is 11.6. The van der Waals surface area contributed by atoms with Gasteiger partial charge in [0.25, 0.3) is 0 Å². The van der Waals surface area contributed by atoms with Crippen molar-refractivity contribution in [3.63, 3.8) is 0 Å². The van der Waals surface area contributed by atoms with Crippen LogP contribution in [0.5, 0.6) is 0 Å². The summed E-state index contributed by atoms with van der Waals surface area (Å²) in [6, 6.07) is 5.47. The van der Waals surface area contributed by atoms with Crippen molar-refractivity contribution >= 4 is 33.2 Å². The van der Waals surface area contributed by atoms with Crippen molar-refractivity contribution < 1.29 is 8.42 Å². The van der Waals surface area contributed by atoms with E-state index in [1.165, 1.54) is 10.6 Å². The minimum absolute atomic E-state index is 0.515. The summed E-state index contributed by atoms with van der Waals surface area (Å²) in [7, 11) is -3.11. The van der Waals surface area contributed by atoms with Crippen LogP contribution in [0.25, 0.3) is 0 Å². The van der Waals surface area contributed by atoms with Gasteiger partial charge in [-0.2, -0.15) is 0 Å². The average Bonchev–Trinajstić information content (AvgIpc) is 2.59. The first-order chi connectivity index (χ1) is 9.38. The minimum Gasteiger partial charge on any atom is -0.298 e. The van der Waals surface area contributed by atoms with Crippen molar-refractivity contribution in [3.05, 3.63) is 33.8 Å². The van der Waals surface area contributed by atoms with E-state index in [1.54, 1.807) is 0 Å². The average molecular weight is 337 g/mol. The molecule has 0 atom stereocenters. The number of hydrogen-bond acceptors (Lipinski definition) is 3. The van der Waals surface area contributed by atoms with Crippen molar-refractivity contribution in [1.82, 2.24) is 9.21 Å². The standard InChI is InChI=1S/C13H18Cl2N2O2S/c1-20(18,19)17-7-3-6-16(8-9-17)10-11-12(14)4-2-5-13(11)15/h2,4-5H,3,6-10H2,1H3. The van der Waals surface area contributed by atoms with Crippen molar-refractivity contribution in [1.29, 1.82) is 0 Å². The van der Waals surface area contributed by atoms with E-state index < -0.39 is 10.0 Å². The molecule has 0 amide bonds. The molecule has 112 valence electrons. The molecule has 1 aliphatic heterocycles. The summed E-state index contributed by atoms with van der Waals surface area (Å²) in [5.41, 5.74) is 0.906. The molecule has 1 fully saturated rings. The Hall–Kier alpha value is -0.330. The predicted octanol–water partition coefficient (Wildman–Crippen LogP) is 2.46. The second-order valence-electron chi connectivity index (χ2n) is 4.99. The number of rotatable bonds is 3. The van der Waals surface area contributed by atoms with E-state index in [2.05, 4.69) is 4.90 Å². The maximum Gasteiger partial charge on any atom is 0.211 e. The van der Waals surface area contributed by atoms with Gasteiger partial charge in [-0.05, 0) is 25.1 Å². The van der Waals surface area contributed by atoms with Crippen LogP contribution >= 0.6 is 23.2 Å². The minimum atomic E-state index is -3.11. The van der Waals surface area contributed by atoms with Gasteiger partial charge in [0.2, 0.25) is 10.0 Å². The van der Waals surface area contributed by atoms with Gasteiger partial charge in [0.1, 0.15) is 0 Å². The molecule has 0 aliphatic carbocycles. The molecule has 7 heteroatoms. The number of hydrogen-bond donors (Lipinski definition) is 0. The third kappa shape index (κ3) is 4.09. The molecular formula is C13H18Cl2N2O2S. The van der Waals surface area contributed by atoms with Crippen LogP contribution < -0.4 is 0 Å². The molecule has 0 unspecified atom stereocenters. The predicted molar refractivity (Wildman–Crippen MR) is 82.8 cm³/mol. The van der Waals surface area contributed by atoms with E-state index in [9.17, 15) is 8.42 Å². The zero-order chi connectivity index (χ0) is 14.8. The zero-order valence-corrected chi connectivity index (χ0v) is 13.7. The van der Waals surface area contributed by atoms with E-state index in [4.69, 9.17) is 23.2 Å².